The van der Waals surface area contributed by atoms with Crippen molar-refractivity contribution in [2.75, 3.05) is 18.8 Å². The number of nitrogens with one attached hydrogen (secondary N) is 1. The normalized spacial score (nSPS) is 13.8. The van der Waals surface area contributed by atoms with E-state index in [1.165, 1.54) is 11.8 Å². The molecule has 0 aliphatic heterocycles. The fourth-order valence-electron chi connectivity index (χ4n) is 0.739. The lowest BCUT2D eigenvalue weighted by molar-refractivity contribution is -0.130. The maximum absolute atomic E-state index is 11.2. The van der Waals surface area contributed by atoms with Gasteiger partial charge in [0.25, 0.3) is 0 Å². The number of hydrogen-bond donors (Lipinski definition) is 1. The van der Waals surface area contributed by atoms with E-state index < -0.39 is 16.1 Å². The molecule has 0 saturated heterocycles. The molecule has 0 rings (SSSR count). The second-order valence-electron chi connectivity index (χ2n) is 2.80. The second-order valence-corrected chi connectivity index (χ2v) is 5.85. The number of alkyl halides is 1. The highest BCUT2D eigenvalue weighted by molar-refractivity contribution is 9.10. The first-order valence-corrected chi connectivity index (χ1v) is 6.34. The Balaban J connectivity index is 4.32. The van der Waals surface area contributed by atoms with Crippen LogP contribution in [0.2, 0.25) is 0 Å². The average molecular weight is 273 g/mol. The highest BCUT2D eigenvalue weighted by Gasteiger charge is 2.20. The Bertz CT molecular complexity index is 276. The molecule has 0 aromatic rings. The van der Waals surface area contributed by atoms with Crippen molar-refractivity contribution in [1.82, 2.24) is 9.62 Å². The first-order valence-electron chi connectivity index (χ1n) is 3.57. The van der Waals surface area contributed by atoms with Crippen LogP contribution in [-0.4, -0.2) is 44.0 Å². The number of amides is 1. The minimum absolute atomic E-state index is 0.203. The summed E-state index contributed by atoms with van der Waals surface area (Å²) in [6.07, 6.45) is 0. The summed E-state index contributed by atoms with van der Waals surface area (Å²) in [6.45, 7) is 1.50. The van der Waals surface area contributed by atoms with E-state index in [0.717, 1.165) is 0 Å². The zero-order valence-electron chi connectivity index (χ0n) is 7.74. The summed E-state index contributed by atoms with van der Waals surface area (Å²) < 4.78 is 24.0. The molecule has 7 heteroatoms. The molecular formula is C6H13BrN2O3S. The van der Waals surface area contributed by atoms with Crippen LogP contribution < -0.4 is 4.72 Å². The molecule has 1 atom stereocenters. The molecule has 0 heterocycles. The first-order chi connectivity index (χ1) is 5.80. The van der Waals surface area contributed by atoms with Crippen LogP contribution in [0, 0.1) is 0 Å². The third-order valence-electron chi connectivity index (χ3n) is 1.31. The van der Waals surface area contributed by atoms with Crippen molar-refractivity contribution in [2.24, 2.45) is 0 Å². The van der Waals surface area contributed by atoms with Gasteiger partial charge in [-0.1, -0.05) is 15.9 Å². The Morgan fingerprint density at radius 1 is 1.54 bits per heavy atom. The first kappa shape index (κ1) is 12.9. The smallest absolute Gasteiger partial charge is 0.239 e. The predicted molar refractivity (Wildman–Crippen MR) is 54.0 cm³/mol. The van der Waals surface area contributed by atoms with Crippen molar-refractivity contribution >= 4 is 31.9 Å². The molecule has 1 unspecified atom stereocenters. The second kappa shape index (κ2) is 4.92. The molecule has 0 radical (unpaired) electrons. The number of rotatable bonds is 4. The molecule has 1 N–H and O–H groups in total. The molecule has 0 saturated carbocycles. The summed E-state index contributed by atoms with van der Waals surface area (Å²) >= 11 is 2.81. The van der Waals surface area contributed by atoms with Gasteiger partial charge in [-0.25, -0.2) is 13.1 Å². The van der Waals surface area contributed by atoms with E-state index >= 15 is 0 Å². The lowest BCUT2D eigenvalue weighted by Gasteiger charge is -2.17. The summed E-state index contributed by atoms with van der Waals surface area (Å²) in [5, 5.41) is 0. The number of halogens is 1. The van der Waals surface area contributed by atoms with E-state index in [1.54, 1.807) is 14.1 Å². The van der Waals surface area contributed by atoms with E-state index in [9.17, 15) is 13.2 Å². The molecule has 0 bridgehead atoms. The number of hydrogen-bond acceptors (Lipinski definition) is 3. The maximum Gasteiger partial charge on any atom is 0.239 e. The Morgan fingerprint density at radius 2 is 2.00 bits per heavy atom. The maximum atomic E-state index is 11.2. The van der Waals surface area contributed by atoms with Crippen LogP contribution in [0.15, 0.2) is 0 Å². The summed E-state index contributed by atoms with van der Waals surface area (Å²) in [7, 11) is -0.237. The van der Waals surface area contributed by atoms with Crippen LogP contribution in [0.1, 0.15) is 6.92 Å². The van der Waals surface area contributed by atoms with Gasteiger partial charge >= 0.3 is 0 Å². The van der Waals surface area contributed by atoms with E-state index in [0.29, 0.717) is 0 Å². The van der Waals surface area contributed by atoms with Crippen LogP contribution in [0.25, 0.3) is 0 Å². The van der Waals surface area contributed by atoms with Gasteiger partial charge in [-0.05, 0) is 6.92 Å². The Kier molecular flexibility index (Phi) is 4.87. The van der Waals surface area contributed by atoms with Gasteiger partial charge in [0.05, 0.1) is 6.04 Å². The van der Waals surface area contributed by atoms with Crippen molar-refractivity contribution in [1.29, 1.82) is 0 Å². The third kappa shape index (κ3) is 4.58. The van der Waals surface area contributed by atoms with Gasteiger partial charge in [0.15, 0.2) is 0 Å². The summed E-state index contributed by atoms with van der Waals surface area (Å²) in [5.74, 6) is -0.274. The number of sulfonamides is 1. The lowest BCUT2D eigenvalue weighted by Crippen LogP contribution is -2.44. The predicted octanol–water partition coefficient (Wildman–Crippen LogP) is -0.265. The number of carbonyl (C=O) groups excluding carboxylic acids is 1. The van der Waals surface area contributed by atoms with Gasteiger partial charge in [0.1, 0.15) is 4.66 Å². The highest BCUT2D eigenvalue weighted by atomic mass is 79.9. The van der Waals surface area contributed by atoms with E-state index in [-0.39, 0.29) is 10.6 Å². The van der Waals surface area contributed by atoms with Gasteiger partial charge in [-0.2, -0.15) is 0 Å². The fourth-order valence-corrected chi connectivity index (χ4v) is 1.84. The van der Waals surface area contributed by atoms with Crippen molar-refractivity contribution in [3.8, 4) is 0 Å². The minimum Gasteiger partial charge on any atom is -0.347 e. The van der Waals surface area contributed by atoms with Crippen LogP contribution >= 0.6 is 15.9 Å². The topological polar surface area (TPSA) is 66.5 Å². The van der Waals surface area contributed by atoms with Crippen molar-refractivity contribution in [3.05, 3.63) is 0 Å². The molecule has 5 nitrogen and oxygen atoms in total. The average Bonchev–Trinajstić information content (AvgIpc) is 2.02. The zero-order chi connectivity index (χ0) is 10.6. The molecule has 0 aromatic carbocycles. The van der Waals surface area contributed by atoms with E-state index in [2.05, 4.69) is 20.7 Å². The monoisotopic (exact) mass is 272 g/mol. The van der Waals surface area contributed by atoms with Crippen LogP contribution in [-0.2, 0) is 14.8 Å². The van der Waals surface area contributed by atoms with Gasteiger partial charge in [-0.15, -0.1) is 0 Å². The molecule has 1 amide bonds. The molecular weight excluding hydrogens is 260 g/mol. The molecule has 0 aromatic heterocycles. The van der Waals surface area contributed by atoms with Gasteiger partial charge in [0, 0.05) is 14.1 Å². The number of carbonyl (C=O) groups is 1. The van der Waals surface area contributed by atoms with Crippen LogP contribution in [0.5, 0.6) is 0 Å². The molecule has 13 heavy (non-hydrogen) atoms. The Labute approximate surface area is 86.7 Å². The van der Waals surface area contributed by atoms with Gasteiger partial charge in [-0.3, -0.25) is 4.79 Å². The molecule has 0 aliphatic rings. The van der Waals surface area contributed by atoms with E-state index in [4.69, 9.17) is 0 Å². The number of likely N-dealkylation sites (N-methyl/N-ethyl adjacent to an activating group) is 1. The molecule has 0 aliphatic carbocycles. The molecule has 78 valence electrons. The lowest BCUT2D eigenvalue weighted by atomic mass is 10.3. The van der Waals surface area contributed by atoms with Gasteiger partial charge < -0.3 is 4.90 Å². The SMILES string of the molecule is CC(NS(=O)(=O)CBr)C(=O)N(C)C. The van der Waals surface area contributed by atoms with Crippen LogP contribution in [0.3, 0.4) is 0 Å². The molecule has 0 fully saturated rings. The standard InChI is InChI=1S/C6H13BrN2O3S/c1-5(6(10)9(2)3)8-13(11,12)4-7/h5,8H,4H2,1-3H3. The molecule has 0 spiro atoms. The Hall–Kier alpha value is -0.140. The van der Waals surface area contributed by atoms with Crippen molar-refractivity contribution < 1.29 is 13.2 Å². The van der Waals surface area contributed by atoms with Gasteiger partial charge in [0.2, 0.25) is 15.9 Å². The third-order valence-corrected chi connectivity index (χ3v) is 4.12. The number of nitrogens with zero attached hydrogens (tertiary/aromatic N) is 1. The minimum atomic E-state index is -3.38. The Morgan fingerprint density at radius 3 is 2.31 bits per heavy atom. The zero-order valence-corrected chi connectivity index (χ0v) is 10.1. The summed E-state index contributed by atoms with van der Waals surface area (Å²) in [4.78, 5) is 12.6. The quantitative estimate of drug-likeness (QED) is 0.717. The largest absolute Gasteiger partial charge is 0.347 e. The summed E-state index contributed by atoms with van der Waals surface area (Å²) in [5.41, 5.74) is 0. The summed E-state index contributed by atoms with van der Waals surface area (Å²) in [6, 6.07) is -0.724. The van der Waals surface area contributed by atoms with E-state index in [1.807, 2.05) is 0 Å². The van der Waals surface area contributed by atoms with Crippen LogP contribution in [0.4, 0.5) is 0 Å². The fraction of sp³-hybridized carbons (Fsp3) is 0.833. The highest BCUT2D eigenvalue weighted by Crippen LogP contribution is 1.96. The van der Waals surface area contributed by atoms with Crippen molar-refractivity contribution in [2.45, 2.75) is 13.0 Å². The van der Waals surface area contributed by atoms with Crippen molar-refractivity contribution in [3.63, 3.8) is 0 Å².